The van der Waals surface area contributed by atoms with Crippen molar-refractivity contribution in [1.29, 1.82) is 0 Å². The second kappa shape index (κ2) is 7.18. The van der Waals surface area contributed by atoms with E-state index in [1.54, 1.807) is 4.90 Å². The molecule has 1 atom stereocenters. The van der Waals surface area contributed by atoms with E-state index in [-0.39, 0.29) is 18.2 Å². The molecule has 7 nitrogen and oxygen atoms in total. The van der Waals surface area contributed by atoms with Crippen LogP contribution in [0.15, 0.2) is 0 Å². The van der Waals surface area contributed by atoms with Gasteiger partial charge in [-0.2, -0.15) is 4.31 Å². The molecule has 2 N–H and O–H groups in total. The number of hydrogen-bond acceptors (Lipinski definition) is 5. The first-order valence-corrected chi connectivity index (χ1v) is 8.06. The molecular weight excluding hydrogens is 270 g/mol. The summed E-state index contributed by atoms with van der Waals surface area (Å²) in [4.78, 5) is 13.6. The van der Waals surface area contributed by atoms with Crippen LogP contribution in [0.4, 0.5) is 0 Å². The van der Waals surface area contributed by atoms with Crippen molar-refractivity contribution in [2.75, 3.05) is 45.6 Å². The molecule has 0 bridgehead atoms. The van der Waals surface area contributed by atoms with E-state index in [9.17, 15) is 13.2 Å². The number of ether oxygens (including phenoxy) is 1. The first-order chi connectivity index (χ1) is 8.96. The molecule has 112 valence electrons. The fourth-order valence-corrected chi connectivity index (χ4v) is 3.57. The van der Waals surface area contributed by atoms with E-state index in [0.29, 0.717) is 32.6 Å². The monoisotopic (exact) mass is 293 g/mol. The fourth-order valence-electron chi connectivity index (χ4n) is 2.08. The van der Waals surface area contributed by atoms with Crippen LogP contribution >= 0.6 is 0 Å². The summed E-state index contributed by atoms with van der Waals surface area (Å²) in [6.45, 7) is 3.43. The van der Waals surface area contributed by atoms with Crippen molar-refractivity contribution in [3.05, 3.63) is 0 Å². The second-order valence-electron chi connectivity index (χ2n) is 4.50. The molecule has 1 rings (SSSR count). The van der Waals surface area contributed by atoms with E-state index < -0.39 is 16.1 Å². The minimum atomic E-state index is -3.17. The maximum atomic E-state index is 12.0. The van der Waals surface area contributed by atoms with Crippen molar-refractivity contribution in [3.63, 3.8) is 0 Å². The number of piperazine rings is 1. The predicted octanol–water partition coefficient (Wildman–Crippen LogP) is -1.16. The molecule has 1 saturated heterocycles. The topological polar surface area (TPSA) is 92.9 Å². The smallest absolute Gasteiger partial charge is 0.253 e. The zero-order chi connectivity index (χ0) is 14.5. The molecular formula is C11H23N3O4S. The van der Waals surface area contributed by atoms with Gasteiger partial charge in [0.25, 0.3) is 5.91 Å². The van der Waals surface area contributed by atoms with Gasteiger partial charge in [0.15, 0.2) is 0 Å². The Kier molecular flexibility index (Phi) is 6.18. The zero-order valence-corrected chi connectivity index (χ0v) is 12.4. The van der Waals surface area contributed by atoms with Crippen molar-refractivity contribution in [3.8, 4) is 0 Å². The van der Waals surface area contributed by atoms with Crippen LogP contribution in [0.25, 0.3) is 0 Å². The number of sulfonamides is 1. The highest BCUT2D eigenvalue weighted by Gasteiger charge is 2.30. The van der Waals surface area contributed by atoms with E-state index in [4.69, 9.17) is 10.5 Å². The molecule has 0 aromatic carbocycles. The van der Waals surface area contributed by atoms with Crippen molar-refractivity contribution in [2.45, 2.75) is 19.4 Å². The maximum absolute atomic E-state index is 12.0. The summed E-state index contributed by atoms with van der Waals surface area (Å²) in [5.74, 6) is -0.0118. The van der Waals surface area contributed by atoms with Crippen molar-refractivity contribution in [1.82, 2.24) is 9.21 Å². The molecule has 0 radical (unpaired) electrons. The molecule has 19 heavy (non-hydrogen) atoms. The lowest BCUT2D eigenvalue weighted by Gasteiger charge is -2.35. The summed E-state index contributed by atoms with van der Waals surface area (Å²) in [6.07, 6.45) is -0.0424. The summed E-state index contributed by atoms with van der Waals surface area (Å²) in [7, 11) is -1.73. The number of hydrogen-bond donors (Lipinski definition) is 1. The van der Waals surface area contributed by atoms with Crippen LogP contribution in [0.2, 0.25) is 0 Å². The third-order valence-corrected chi connectivity index (χ3v) is 5.26. The quantitative estimate of drug-likeness (QED) is 0.667. The van der Waals surface area contributed by atoms with Gasteiger partial charge < -0.3 is 15.4 Å². The Morgan fingerprint density at radius 2 is 1.89 bits per heavy atom. The van der Waals surface area contributed by atoms with E-state index in [1.807, 2.05) is 6.92 Å². The molecule has 0 spiro atoms. The second-order valence-corrected chi connectivity index (χ2v) is 6.59. The van der Waals surface area contributed by atoms with Gasteiger partial charge in [0.1, 0.15) is 6.10 Å². The molecule has 8 heteroatoms. The van der Waals surface area contributed by atoms with Crippen molar-refractivity contribution in [2.24, 2.45) is 5.73 Å². The molecule has 1 amide bonds. The van der Waals surface area contributed by atoms with Gasteiger partial charge in [-0.05, 0) is 6.42 Å². The SMILES string of the molecule is CCCS(=O)(=O)N1CCN(C(=O)C(CN)OC)CC1. The van der Waals surface area contributed by atoms with Crippen molar-refractivity contribution >= 4 is 15.9 Å². The van der Waals surface area contributed by atoms with E-state index >= 15 is 0 Å². The molecule has 1 aliphatic heterocycles. The number of carbonyl (C=O) groups excluding carboxylic acids is 1. The van der Waals surface area contributed by atoms with Crippen LogP contribution in [0, 0.1) is 0 Å². The van der Waals surface area contributed by atoms with Gasteiger partial charge in [-0.1, -0.05) is 6.92 Å². The lowest BCUT2D eigenvalue weighted by Crippen LogP contribution is -2.54. The van der Waals surface area contributed by atoms with E-state index in [2.05, 4.69) is 0 Å². The van der Waals surface area contributed by atoms with Gasteiger partial charge in [0.05, 0.1) is 5.75 Å². The molecule has 1 heterocycles. The Labute approximate surface area is 114 Å². The molecule has 0 aromatic heterocycles. The molecule has 0 aromatic rings. The van der Waals surface area contributed by atoms with Gasteiger partial charge in [-0.25, -0.2) is 8.42 Å². The largest absolute Gasteiger partial charge is 0.370 e. The molecule has 1 fully saturated rings. The van der Waals surface area contributed by atoms with Crippen LogP contribution in [0.1, 0.15) is 13.3 Å². The fraction of sp³-hybridized carbons (Fsp3) is 0.909. The minimum Gasteiger partial charge on any atom is -0.370 e. The number of nitrogens with two attached hydrogens (primary N) is 1. The lowest BCUT2D eigenvalue weighted by molar-refractivity contribution is -0.142. The van der Waals surface area contributed by atoms with Crippen LogP contribution in [0.5, 0.6) is 0 Å². The zero-order valence-electron chi connectivity index (χ0n) is 11.5. The van der Waals surface area contributed by atoms with Crippen LogP contribution in [-0.2, 0) is 19.6 Å². The number of nitrogens with zero attached hydrogens (tertiary/aromatic N) is 2. The van der Waals surface area contributed by atoms with Crippen molar-refractivity contribution < 1.29 is 17.9 Å². The number of rotatable bonds is 6. The number of methoxy groups -OCH3 is 1. The van der Waals surface area contributed by atoms with Gasteiger partial charge in [0, 0.05) is 39.8 Å². The molecule has 1 aliphatic rings. The normalized spacial score (nSPS) is 19.4. The molecule has 1 unspecified atom stereocenters. The Balaban J connectivity index is 2.56. The van der Waals surface area contributed by atoms with E-state index in [0.717, 1.165) is 0 Å². The summed E-state index contributed by atoms with van der Waals surface area (Å²) in [6, 6.07) is 0. The Morgan fingerprint density at radius 1 is 1.32 bits per heavy atom. The highest BCUT2D eigenvalue weighted by atomic mass is 32.2. The summed E-state index contributed by atoms with van der Waals surface area (Å²) in [5.41, 5.74) is 5.45. The standard InChI is InChI=1S/C11H23N3O4S/c1-3-8-19(16,17)14-6-4-13(5-7-14)11(15)10(9-12)18-2/h10H,3-9,12H2,1-2H3. The van der Waals surface area contributed by atoms with E-state index in [1.165, 1.54) is 11.4 Å². The third kappa shape index (κ3) is 4.13. The highest BCUT2D eigenvalue weighted by Crippen LogP contribution is 2.10. The summed E-state index contributed by atoms with van der Waals surface area (Å²) < 4.78 is 30.2. The molecule has 0 aliphatic carbocycles. The van der Waals surface area contributed by atoms with Gasteiger partial charge in [-0.3, -0.25) is 4.79 Å². The summed E-state index contributed by atoms with van der Waals surface area (Å²) in [5, 5.41) is 0. The average molecular weight is 293 g/mol. The third-order valence-electron chi connectivity index (χ3n) is 3.18. The first-order valence-electron chi connectivity index (χ1n) is 6.45. The van der Waals surface area contributed by atoms with Crippen LogP contribution in [-0.4, -0.2) is 75.2 Å². The summed E-state index contributed by atoms with van der Waals surface area (Å²) >= 11 is 0. The number of carbonyl (C=O) groups is 1. The Bertz CT molecular complexity index is 387. The van der Waals surface area contributed by atoms with Crippen LogP contribution < -0.4 is 5.73 Å². The first kappa shape index (κ1) is 16.4. The predicted molar refractivity (Wildman–Crippen MR) is 72.1 cm³/mol. The highest BCUT2D eigenvalue weighted by molar-refractivity contribution is 7.89. The maximum Gasteiger partial charge on any atom is 0.253 e. The van der Waals surface area contributed by atoms with Gasteiger partial charge >= 0.3 is 0 Å². The van der Waals surface area contributed by atoms with Gasteiger partial charge in [0.2, 0.25) is 10.0 Å². The average Bonchev–Trinajstić information content (AvgIpc) is 2.40. The molecule has 0 saturated carbocycles. The number of amides is 1. The Hall–Kier alpha value is -0.700. The van der Waals surface area contributed by atoms with Crippen LogP contribution in [0.3, 0.4) is 0 Å². The minimum absolute atomic E-state index is 0.129. The Morgan fingerprint density at radius 3 is 2.32 bits per heavy atom. The lowest BCUT2D eigenvalue weighted by atomic mass is 10.2. The van der Waals surface area contributed by atoms with Gasteiger partial charge in [-0.15, -0.1) is 0 Å².